The molecule has 0 aromatic heterocycles. The maximum Gasteiger partial charge on any atom is 0.249 e. The van der Waals surface area contributed by atoms with Crippen molar-refractivity contribution in [2.24, 2.45) is 5.73 Å². The van der Waals surface area contributed by atoms with Crippen LogP contribution in [0.5, 0.6) is 0 Å². The molecule has 0 radical (unpaired) electrons. The molecule has 3 nitrogen and oxygen atoms in total. The summed E-state index contributed by atoms with van der Waals surface area (Å²) in [5.41, 5.74) is 7.24. The predicted molar refractivity (Wildman–Crippen MR) is 78.1 cm³/mol. The molecule has 0 saturated heterocycles. The van der Waals surface area contributed by atoms with Gasteiger partial charge in [0.15, 0.2) is 11.6 Å². The molecule has 0 aliphatic heterocycles. The van der Waals surface area contributed by atoms with Gasteiger partial charge in [-0.2, -0.15) is 0 Å². The second kappa shape index (κ2) is 5.91. The number of nitrogens with two attached hydrogens (primary N) is 1. The van der Waals surface area contributed by atoms with Crippen molar-refractivity contribution >= 4 is 11.6 Å². The van der Waals surface area contributed by atoms with E-state index in [9.17, 15) is 13.6 Å². The maximum atomic E-state index is 13.8. The number of nitrogens with one attached hydrogen (secondary N) is 1. The lowest BCUT2D eigenvalue weighted by atomic mass is 10.0. The Morgan fingerprint density at radius 1 is 1.19 bits per heavy atom. The van der Waals surface area contributed by atoms with E-state index < -0.39 is 23.6 Å². The fraction of sp³-hybridized carbons (Fsp3) is 0.188. The first-order valence-corrected chi connectivity index (χ1v) is 6.51. The summed E-state index contributed by atoms with van der Waals surface area (Å²) in [5, 5.41) is 3.08. The number of amides is 1. The summed E-state index contributed by atoms with van der Waals surface area (Å²) in [5.74, 6) is -2.29. The molecule has 0 bridgehead atoms. The number of hydrogen-bond donors (Lipinski definition) is 2. The van der Waals surface area contributed by atoms with Crippen molar-refractivity contribution in [3.8, 4) is 0 Å². The highest BCUT2D eigenvalue weighted by atomic mass is 19.2. The van der Waals surface area contributed by atoms with Crippen LogP contribution in [0.15, 0.2) is 36.4 Å². The van der Waals surface area contributed by atoms with Gasteiger partial charge in [-0.1, -0.05) is 18.2 Å². The highest BCUT2D eigenvalue weighted by Crippen LogP contribution is 2.26. The van der Waals surface area contributed by atoms with Crippen molar-refractivity contribution in [3.63, 3.8) is 0 Å². The minimum Gasteiger partial charge on any atom is -0.378 e. The second-order valence-electron chi connectivity index (χ2n) is 4.85. The smallest absolute Gasteiger partial charge is 0.249 e. The van der Waals surface area contributed by atoms with E-state index in [1.54, 1.807) is 32.0 Å². The van der Waals surface area contributed by atoms with E-state index in [0.717, 1.165) is 6.07 Å². The first-order chi connectivity index (χ1) is 9.91. The Morgan fingerprint density at radius 2 is 1.86 bits per heavy atom. The highest BCUT2D eigenvalue weighted by molar-refractivity contribution is 5.95. The van der Waals surface area contributed by atoms with Gasteiger partial charge in [0.05, 0.1) is 6.04 Å². The molecule has 2 aromatic carbocycles. The maximum absolute atomic E-state index is 13.8. The van der Waals surface area contributed by atoms with Gasteiger partial charge in [0.25, 0.3) is 0 Å². The number of rotatable bonds is 4. The minimum atomic E-state index is -0.885. The normalized spacial score (nSPS) is 12.0. The van der Waals surface area contributed by atoms with Crippen LogP contribution in [0.4, 0.5) is 14.5 Å². The summed E-state index contributed by atoms with van der Waals surface area (Å²) in [6.07, 6.45) is 0. The molecular weight excluding hydrogens is 274 g/mol. The van der Waals surface area contributed by atoms with Gasteiger partial charge in [-0.3, -0.25) is 4.79 Å². The van der Waals surface area contributed by atoms with E-state index in [1.807, 2.05) is 0 Å². The molecular formula is C16H16F2N2O. The average molecular weight is 290 g/mol. The number of carbonyl (C=O) groups excluding carboxylic acids is 1. The van der Waals surface area contributed by atoms with Crippen molar-refractivity contribution in [2.75, 3.05) is 5.32 Å². The highest BCUT2D eigenvalue weighted by Gasteiger charge is 2.16. The van der Waals surface area contributed by atoms with Crippen molar-refractivity contribution in [3.05, 3.63) is 64.7 Å². The predicted octanol–water partition coefficient (Wildman–Crippen LogP) is 3.55. The van der Waals surface area contributed by atoms with Crippen LogP contribution in [0, 0.1) is 18.6 Å². The van der Waals surface area contributed by atoms with E-state index >= 15 is 0 Å². The summed E-state index contributed by atoms with van der Waals surface area (Å²) < 4.78 is 27.0. The molecule has 21 heavy (non-hydrogen) atoms. The number of benzene rings is 2. The molecule has 0 aliphatic carbocycles. The fourth-order valence-electron chi connectivity index (χ4n) is 2.22. The summed E-state index contributed by atoms with van der Waals surface area (Å²) in [6, 6.07) is 8.66. The first-order valence-electron chi connectivity index (χ1n) is 6.51. The van der Waals surface area contributed by atoms with Crippen LogP contribution in [0.1, 0.15) is 34.5 Å². The zero-order valence-electron chi connectivity index (χ0n) is 11.8. The molecule has 110 valence electrons. The molecule has 1 amide bonds. The second-order valence-corrected chi connectivity index (χ2v) is 4.85. The summed E-state index contributed by atoms with van der Waals surface area (Å²) >= 11 is 0. The molecule has 0 saturated carbocycles. The zero-order chi connectivity index (χ0) is 15.6. The number of anilines is 1. The average Bonchev–Trinajstić information content (AvgIpc) is 2.43. The van der Waals surface area contributed by atoms with Crippen LogP contribution in [0.3, 0.4) is 0 Å². The van der Waals surface area contributed by atoms with Crippen molar-refractivity contribution < 1.29 is 13.6 Å². The lowest BCUT2D eigenvalue weighted by Crippen LogP contribution is -2.15. The number of primary amides is 1. The molecule has 3 N–H and O–H groups in total. The Bertz CT molecular complexity index is 686. The summed E-state index contributed by atoms with van der Waals surface area (Å²) in [4.78, 5) is 11.3. The van der Waals surface area contributed by atoms with E-state index in [-0.39, 0.29) is 5.56 Å². The Hall–Kier alpha value is -2.43. The molecule has 0 spiro atoms. The zero-order valence-corrected chi connectivity index (χ0v) is 11.8. The van der Waals surface area contributed by atoms with Gasteiger partial charge in [-0.15, -0.1) is 0 Å². The van der Waals surface area contributed by atoms with E-state index in [4.69, 9.17) is 5.73 Å². The molecule has 2 aromatic rings. The van der Waals surface area contributed by atoms with Gasteiger partial charge in [0, 0.05) is 16.8 Å². The quantitative estimate of drug-likeness (QED) is 0.904. The Morgan fingerprint density at radius 3 is 2.52 bits per heavy atom. The van der Waals surface area contributed by atoms with Gasteiger partial charge >= 0.3 is 0 Å². The molecule has 2 rings (SSSR count). The minimum absolute atomic E-state index is 0.221. The molecule has 0 aliphatic rings. The molecule has 1 unspecified atom stereocenters. The third-order valence-electron chi connectivity index (χ3n) is 3.42. The van der Waals surface area contributed by atoms with Gasteiger partial charge in [-0.25, -0.2) is 8.78 Å². The summed E-state index contributed by atoms with van der Waals surface area (Å²) in [6.45, 7) is 3.46. The van der Waals surface area contributed by atoms with Gasteiger partial charge in [-0.05, 0) is 37.6 Å². The number of hydrogen-bond acceptors (Lipinski definition) is 2. The Labute approximate surface area is 121 Å². The lowest BCUT2D eigenvalue weighted by molar-refractivity contribution is 0.0999. The molecule has 0 fully saturated rings. The van der Waals surface area contributed by atoms with E-state index in [0.29, 0.717) is 16.8 Å². The molecule has 0 heterocycles. The fourth-order valence-corrected chi connectivity index (χ4v) is 2.22. The summed E-state index contributed by atoms with van der Waals surface area (Å²) in [7, 11) is 0. The Kier molecular flexibility index (Phi) is 4.21. The van der Waals surface area contributed by atoms with Crippen LogP contribution in [-0.2, 0) is 0 Å². The van der Waals surface area contributed by atoms with Crippen LogP contribution >= 0.6 is 0 Å². The topological polar surface area (TPSA) is 55.1 Å². The van der Waals surface area contributed by atoms with Gasteiger partial charge in [0.2, 0.25) is 5.91 Å². The van der Waals surface area contributed by atoms with Gasteiger partial charge < -0.3 is 11.1 Å². The van der Waals surface area contributed by atoms with Crippen molar-refractivity contribution in [2.45, 2.75) is 19.9 Å². The van der Waals surface area contributed by atoms with Crippen LogP contribution < -0.4 is 11.1 Å². The lowest BCUT2D eigenvalue weighted by Gasteiger charge is -2.19. The van der Waals surface area contributed by atoms with E-state index in [2.05, 4.69) is 5.32 Å². The third-order valence-corrected chi connectivity index (χ3v) is 3.42. The SMILES string of the molecule is Cc1c(NC(C)c2cccc(F)c2F)cccc1C(N)=O. The first kappa shape index (κ1) is 15.0. The van der Waals surface area contributed by atoms with Crippen molar-refractivity contribution in [1.82, 2.24) is 0 Å². The van der Waals surface area contributed by atoms with Crippen molar-refractivity contribution in [1.29, 1.82) is 0 Å². The Balaban J connectivity index is 2.32. The van der Waals surface area contributed by atoms with Gasteiger partial charge in [0.1, 0.15) is 0 Å². The van der Waals surface area contributed by atoms with Crippen LogP contribution in [-0.4, -0.2) is 5.91 Å². The number of carbonyl (C=O) groups is 1. The van der Waals surface area contributed by atoms with Crippen LogP contribution in [0.2, 0.25) is 0 Å². The standard InChI is InChI=1S/C16H16F2N2O/c1-9-11(16(19)21)5-4-8-14(9)20-10(2)12-6-3-7-13(17)15(12)18/h3-8,10,20H,1-2H3,(H2,19,21). The number of halogens is 2. The molecule has 5 heteroatoms. The van der Waals surface area contributed by atoms with Crippen LogP contribution in [0.25, 0.3) is 0 Å². The third kappa shape index (κ3) is 3.02. The largest absolute Gasteiger partial charge is 0.378 e. The monoisotopic (exact) mass is 290 g/mol. The molecule has 1 atom stereocenters. The van der Waals surface area contributed by atoms with E-state index in [1.165, 1.54) is 12.1 Å².